The van der Waals surface area contributed by atoms with Crippen LogP contribution in [-0.2, 0) is 0 Å². The first-order valence-corrected chi connectivity index (χ1v) is 3.56. The molecule has 0 heterocycles. The Morgan fingerprint density at radius 1 is 1.36 bits per heavy atom. The van der Waals surface area contributed by atoms with E-state index in [1.165, 1.54) is 6.92 Å². The van der Waals surface area contributed by atoms with E-state index in [0.29, 0.717) is 5.75 Å². The van der Waals surface area contributed by atoms with Gasteiger partial charge >= 0.3 is 0 Å². The van der Waals surface area contributed by atoms with Crippen LogP contribution < -0.4 is 4.74 Å². The lowest BCUT2D eigenvalue weighted by Crippen LogP contribution is -2.04. The lowest BCUT2D eigenvalue weighted by Gasteiger charge is -2.08. The van der Waals surface area contributed by atoms with Gasteiger partial charge in [-0.25, -0.2) is 4.39 Å². The molecule has 1 atom stereocenters. The van der Waals surface area contributed by atoms with E-state index in [1.54, 1.807) is 6.07 Å². The summed E-state index contributed by atoms with van der Waals surface area (Å²) in [6.07, 6.45) is -1.24. The minimum atomic E-state index is -1.24. The molecule has 0 saturated carbocycles. The molecule has 1 aromatic rings. The van der Waals surface area contributed by atoms with Crippen molar-refractivity contribution in [2.24, 2.45) is 0 Å². The second kappa shape index (κ2) is 3.37. The molecular formula is C9H11FO. The number of hydrogen-bond acceptors (Lipinski definition) is 1. The number of alkyl halides is 1. The summed E-state index contributed by atoms with van der Waals surface area (Å²) in [5.74, 6) is 0.613. The Bertz CT molecular complexity index is 233. The summed E-state index contributed by atoms with van der Waals surface area (Å²) in [6.45, 7) is 3.25. The van der Waals surface area contributed by atoms with E-state index >= 15 is 0 Å². The summed E-state index contributed by atoms with van der Waals surface area (Å²) in [6, 6.07) is 7.36. The molecule has 0 aliphatic rings. The zero-order valence-corrected chi connectivity index (χ0v) is 6.67. The molecule has 0 aliphatic heterocycles. The predicted octanol–water partition coefficient (Wildman–Crippen LogP) is 2.69. The molecule has 0 spiro atoms. The highest BCUT2D eigenvalue weighted by Gasteiger charge is 2.01. The highest BCUT2D eigenvalue weighted by molar-refractivity contribution is 5.31. The largest absolute Gasteiger partial charge is 0.460 e. The molecule has 0 unspecified atom stereocenters. The molecule has 0 saturated heterocycles. The standard InChI is InChI=1S/C9H11FO/c1-7-5-3-4-6-9(7)11-8(2)10/h3-6,8H,1-2H3/t8-/m1/s1. The van der Waals surface area contributed by atoms with Crippen molar-refractivity contribution in [1.29, 1.82) is 0 Å². The normalized spacial score (nSPS) is 12.6. The second-order valence-electron chi connectivity index (χ2n) is 2.43. The average Bonchev–Trinajstić information content (AvgIpc) is 1.93. The van der Waals surface area contributed by atoms with Gasteiger partial charge in [-0.3, -0.25) is 0 Å². The van der Waals surface area contributed by atoms with Crippen molar-refractivity contribution in [1.82, 2.24) is 0 Å². The van der Waals surface area contributed by atoms with Crippen LogP contribution in [0.15, 0.2) is 24.3 Å². The molecule has 0 radical (unpaired) electrons. The van der Waals surface area contributed by atoms with E-state index in [0.717, 1.165) is 5.56 Å². The van der Waals surface area contributed by atoms with Gasteiger partial charge in [0, 0.05) is 6.92 Å². The molecule has 0 bridgehead atoms. The molecule has 1 aromatic carbocycles. The van der Waals surface area contributed by atoms with Crippen molar-refractivity contribution in [3.8, 4) is 5.75 Å². The Hall–Kier alpha value is -1.05. The van der Waals surface area contributed by atoms with Crippen LogP contribution in [0, 0.1) is 6.92 Å². The van der Waals surface area contributed by atoms with Gasteiger partial charge < -0.3 is 4.74 Å². The van der Waals surface area contributed by atoms with Crippen molar-refractivity contribution in [2.45, 2.75) is 20.2 Å². The topological polar surface area (TPSA) is 9.23 Å². The van der Waals surface area contributed by atoms with Crippen LogP contribution in [0.4, 0.5) is 4.39 Å². The Kier molecular flexibility index (Phi) is 2.47. The van der Waals surface area contributed by atoms with Gasteiger partial charge in [0.1, 0.15) is 5.75 Å². The summed E-state index contributed by atoms with van der Waals surface area (Å²) < 4.78 is 17.2. The monoisotopic (exact) mass is 154 g/mol. The van der Waals surface area contributed by atoms with Crippen LogP contribution in [-0.4, -0.2) is 6.36 Å². The van der Waals surface area contributed by atoms with Crippen LogP contribution in [0.5, 0.6) is 5.75 Å². The van der Waals surface area contributed by atoms with Gasteiger partial charge in [-0.1, -0.05) is 18.2 Å². The van der Waals surface area contributed by atoms with E-state index < -0.39 is 6.36 Å². The minimum Gasteiger partial charge on any atom is -0.460 e. The van der Waals surface area contributed by atoms with Gasteiger partial charge in [-0.15, -0.1) is 0 Å². The van der Waals surface area contributed by atoms with E-state index in [-0.39, 0.29) is 0 Å². The summed E-state index contributed by atoms with van der Waals surface area (Å²) in [5, 5.41) is 0. The molecule has 60 valence electrons. The van der Waals surface area contributed by atoms with Crippen molar-refractivity contribution in [2.75, 3.05) is 0 Å². The smallest absolute Gasteiger partial charge is 0.235 e. The van der Waals surface area contributed by atoms with Gasteiger partial charge in [0.25, 0.3) is 0 Å². The molecule has 11 heavy (non-hydrogen) atoms. The fourth-order valence-corrected chi connectivity index (χ4v) is 0.864. The summed E-state index contributed by atoms with van der Waals surface area (Å²) in [5.41, 5.74) is 0.956. The molecule has 2 heteroatoms. The van der Waals surface area contributed by atoms with Crippen LogP contribution in [0.1, 0.15) is 12.5 Å². The van der Waals surface area contributed by atoms with Crippen LogP contribution in [0.2, 0.25) is 0 Å². The first-order valence-electron chi connectivity index (χ1n) is 3.56. The predicted molar refractivity (Wildman–Crippen MR) is 42.4 cm³/mol. The SMILES string of the molecule is Cc1ccccc1O[C@H](C)F. The Morgan fingerprint density at radius 2 is 2.00 bits per heavy atom. The first-order chi connectivity index (χ1) is 5.20. The van der Waals surface area contributed by atoms with Gasteiger partial charge in [0.15, 0.2) is 0 Å². The minimum absolute atomic E-state index is 0.613. The highest BCUT2D eigenvalue weighted by Crippen LogP contribution is 2.17. The Labute approximate surface area is 65.8 Å². The molecule has 0 fully saturated rings. The first kappa shape index (κ1) is 8.05. The zero-order chi connectivity index (χ0) is 8.27. The van der Waals surface area contributed by atoms with E-state index in [2.05, 4.69) is 0 Å². The maximum absolute atomic E-state index is 12.3. The number of benzene rings is 1. The van der Waals surface area contributed by atoms with Crippen molar-refractivity contribution < 1.29 is 9.13 Å². The molecular weight excluding hydrogens is 143 g/mol. The maximum Gasteiger partial charge on any atom is 0.235 e. The number of ether oxygens (including phenoxy) is 1. The van der Waals surface area contributed by atoms with Gasteiger partial charge in [-0.2, -0.15) is 0 Å². The fourth-order valence-electron chi connectivity index (χ4n) is 0.864. The lowest BCUT2D eigenvalue weighted by molar-refractivity contribution is 0.0853. The van der Waals surface area contributed by atoms with Crippen LogP contribution >= 0.6 is 0 Å². The van der Waals surface area contributed by atoms with Crippen LogP contribution in [0.3, 0.4) is 0 Å². The number of halogens is 1. The number of para-hydroxylation sites is 1. The van der Waals surface area contributed by atoms with Crippen molar-refractivity contribution >= 4 is 0 Å². The van der Waals surface area contributed by atoms with Gasteiger partial charge in [0.05, 0.1) is 0 Å². The van der Waals surface area contributed by atoms with Crippen LogP contribution in [0.25, 0.3) is 0 Å². The van der Waals surface area contributed by atoms with Crippen molar-refractivity contribution in [3.63, 3.8) is 0 Å². The zero-order valence-electron chi connectivity index (χ0n) is 6.67. The molecule has 0 aliphatic carbocycles. The third-order valence-electron chi connectivity index (χ3n) is 1.38. The van der Waals surface area contributed by atoms with Gasteiger partial charge in [0.2, 0.25) is 6.36 Å². The van der Waals surface area contributed by atoms with E-state index in [1.807, 2.05) is 25.1 Å². The Balaban J connectivity index is 2.78. The van der Waals surface area contributed by atoms with Crippen molar-refractivity contribution in [3.05, 3.63) is 29.8 Å². The summed E-state index contributed by atoms with van der Waals surface area (Å²) >= 11 is 0. The maximum atomic E-state index is 12.3. The van der Waals surface area contributed by atoms with E-state index in [4.69, 9.17) is 4.74 Å². The molecule has 0 aromatic heterocycles. The number of aryl methyl sites for hydroxylation is 1. The highest BCUT2D eigenvalue weighted by atomic mass is 19.1. The Morgan fingerprint density at radius 3 is 2.55 bits per heavy atom. The van der Waals surface area contributed by atoms with Gasteiger partial charge in [-0.05, 0) is 18.6 Å². The fraction of sp³-hybridized carbons (Fsp3) is 0.333. The molecule has 1 rings (SSSR count). The quantitative estimate of drug-likeness (QED) is 0.636. The second-order valence-corrected chi connectivity index (χ2v) is 2.43. The third-order valence-corrected chi connectivity index (χ3v) is 1.38. The van der Waals surface area contributed by atoms with E-state index in [9.17, 15) is 4.39 Å². The lowest BCUT2D eigenvalue weighted by atomic mass is 10.2. The number of rotatable bonds is 2. The number of hydrogen-bond donors (Lipinski definition) is 0. The summed E-state index contributed by atoms with van der Waals surface area (Å²) in [7, 11) is 0. The summed E-state index contributed by atoms with van der Waals surface area (Å²) in [4.78, 5) is 0. The third kappa shape index (κ3) is 2.22. The molecule has 0 amide bonds. The molecule has 1 nitrogen and oxygen atoms in total. The molecule has 0 N–H and O–H groups in total. The average molecular weight is 154 g/mol.